The first-order valence-corrected chi connectivity index (χ1v) is 9.98. The monoisotopic (exact) mass is 418 g/mol. The lowest BCUT2D eigenvalue weighted by molar-refractivity contribution is -0.131. The zero-order chi connectivity index (χ0) is 21.9. The van der Waals surface area contributed by atoms with Crippen LogP contribution in [0.5, 0.6) is 5.75 Å². The molecule has 3 atom stereocenters. The summed E-state index contributed by atoms with van der Waals surface area (Å²) in [4.78, 5) is 23.9. The first kappa shape index (κ1) is 23.6. The van der Waals surface area contributed by atoms with E-state index in [1.807, 2.05) is 18.2 Å². The molecule has 0 radical (unpaired) electrons. The number of carbonyl (C=O) groups is 2. The van der Waals surface area contributed by atoms with Gasteiger partial charge in [0.1, 0.15) is 24.2 Å². The third-order valence-corrected chi connectivity index (χ3v) is 5.01. The zero-order valence-corrected chi connectivity index (χ0v) is 17.7. The summed E-state index contributed by atoms with van der Waals surface area (Å²) in [6, 6.07) is 5.44. The molecule has 1 aliphatic rings. The van der Waals surface area contributed by atoms with Crippen molar-refractivity contribution in [1.82, 2.24) is 0 Å². The van der Waals surface area contributed by atoms with Gasteiger partial charge in [-0.05, 0) is 30.4 Å². The maximum absolute atomic E-state index is 13.1. The van der Waals surface area contributed by atoms with Crippen molar-refractivity contribution in [1.29, 1.82) is 0 Å². The molecule has 1 heterocycles. The number of hydrogen-bond acceptors (Lipinski definition) is 6. The number of allylic oxidation sites excluding steroid dienone is 2. The molecule has 1 aromatic carbocycles. The fourth-order valence-electron chi connectivity index (χ4n) is 3.42. The number of hydrogen-bond donors (Lipinski definition) is 1. The summed E-state index contributed by atoms with van der Waals surface area (Å²) in [5.41, 5.74) is 1.20. The number of rotatable bonds is 7. The molecule has 2 rings (SSSR count). The van der Waals surface area contributed by atoms with E-state index >= 15 is 0 Å². The Morgan fingerprint density at radius 1 is 1.30 bits per heavy atom. The number of carboxylic acids is 1. The van der Waals surface area contributed by atoms with Crippen molar-refractivity contribution in [2.24, 2.45) is 5.92 Å². The molecule has 30 heavy (non-hydrogen) atoms. The second-order valence-corrected chi connectivity index (χ2v) is 7.23. The highest BCUT2D eigenvalue weighted by molar-refractivity contribution is 5.94. The number of ether oxygens (including phenoxy) is 4. The van der Waals surface area contributed by atoms with Crippen LogP contribution in [0.2, 0.25) is 0 Å². The largest absolute Gasteiger partial charge is 0.496 e. The molecule has 1 aliphatic heterocycles. The van der Waals surface area contributed by atoms with Crippen LogP contribution < -0.4 is 4.74 Å². The van der Waals surface area contributed by atoms with Crippen molar-refractivity contribution in [3.63, 3.8) is 0 Å². The van der Waals surface area contributed by atoms with Crippen molar-refractivity contribution < 1.29 is 33.6 Å². The van der Waals surface area contributed by atoms with Crippen molar-refractivity contribution in [2.45, 2.75) is 44.8 Å². The zero-order valence-electron chi connectivity index (χ0n) is 17.7. The van der Waals surface area contributed by atoms with Gasteiger partial charge in [0.2, 0.25) is 0 Å². The predicted molar refractivity (Wildman–Crippen MR) is 112 cm³/mol. The molecule has 0 amide bonds. The second-order valence-electron chi connectivity index (χ2n) is 7.23. The maximum atomic E-state index is 13.1. The Morgan fingerprint density at radius 3 is 2.80 bits per heavy atom. The van der Waals surface area contributed by atoms with E-state index in [9.17, 15) is 9.59 Å². The highest BCUT2D eigenvalue weighted by Gasteiger charge is 2.27. The van der Waals surface area contributed by atoms with E-state index in [-0.39, 0.29) is 25.2 Å². The van der Waals surface area contributed by atoms with Crippen molar-refractivity contribution in [2.75, 3.05) is 21.0 Å². The van der Waals surface area contributed by atoms with Crippen molar-refractivity contribution >= 4 is 11.9 Å². The number of benzene rings is 1. The summed E-state index contributed by atoms with van der Waals surface area (Å²) < 4.78 is 22.1. The molecular weight excluding hydrogens is 388 g/mol. The lowest BCUT2D eigenvalue weighted by atomic mass is 9.93. The van der Waals surface area contributed by atoms with Crippen LogP contribution in [0.4, 0.5) is 0 Å². The molecule has 0 spiro atoms. The molecule has 0 fully saturated rings. The minimum atomic E-state index is -1.05. The molecule has 7 heteroatoms. The highest BCUT2D eigenvalue weighted by Crippen LogP contribution is 2.28. The van der Waals surface area contributed by atoms with E-state index in [0.717, 1.165) is 18.1 Å². The van der Waals surface area contributed by atoms with Gasteiger partial charge in [0.25, 0.3) is 0 Å². The number of aliphatic carboxylic acids is 1. The smallest absolute Gasteiger partial charge is 0.342 e. The maximum Gasteiger partial charge on any atom is 0.342 e. The molecule has 7 nitrogen and oxygen atoms in total. The third-order valence-electron chi connectivity index (χ3n) is 5.01. The average molecular weight is 418 g/mol. The second kappa shape index (κ2) is 12.1. The Hall–Kier alpha value is -2.64. The molecule has 1 aromatic rings. The Labute approximate surface area is 177 Å². The molecule has 0 aromatic heterocycles. The number of esters is 1. The highest BCUT2D eigenvalue weighted by atomic mass is 16.7. The van der Waals surface area contributed by atoms with Crippen LogP contribution in [0.1, 0.15) is 42.1 Å². The standard InChI is InChI=1S/C23H30O7/c1-16-8-4-5-9-17-10-6-12-19(28-3)22(17)23(26)30-18(11-7-13-21(24)25)14-20(16)29-15-27-2/h4-7,10,12-13,16,18,20H,8-9,11,14-15H2,1-3H3,(H,24,25)/b5-4+,13-7+/t16-,18-,20+/m0/s1. The summed E-state index contributed by atoms with van der Waals surface area (Å²) in [5, 5.41) is 8.89. The molecule has 164 valence electrons. The van der Waals surface area contributed by atoms with Crippen LogP contribution >= 0.6 is 0 Å². The number of carboxylic acid groups (broad SMARTS) is 1. The topological polar surface area (TPSA) is 91.3 Å². The Kier molecular flexibility index (Phi) is 9.57. The lowest BCUT2D eigenvalue weighted by Gasteiger charge is -2.28. The SMILES string of the molecule is COCO[C@@H]1C[C@H](C/C=C/C(=O)O)OC(=O)c2c(cccc2OC)C/C=C/C[C@@H]1C. The molecule has 1 N–H and O–H groups in total. The first-order chi connectivity index (χ1) is 14.5. The lowest BCUT2D eigenvalue weighted by Crippen LogP contribution is -2.31. The van der Waals surface area contributed by atoms with Crippen LogP contribution in [0.15, 0.2) is 42.5 Å². The van der Waals surface area contributed by atoms with E-state index in [1.54, 1.807) is 13.2 Å². The average Bonchev–Trinajstić information content (AvgIpc) is 2.72. The van der Waals surface area contributed by atoms with E-state index in [4.69, 9.17) is 24.1 Å². The van der Waals surface area contributed by atoms with E-state index in [2.05, 4.69) is 13.0 Å². The first-order valence-electron chi connectivity index (χ1n) is 9.98. The van der Waals surface area contributed by atoms with Crippen LogP contribution in [-0.4, -0.2) is 50.3 Å². The van der Waals surface area contributed by atoms with Crippen LogP contribution in [-0.2, 0) is 25.4 Å². The van der Waals surface area contributed by atoms with Gasteiger partial charge in [-0.1, -0.05) is 37.3 Å². The molecule has 0 bridgehead atoms. The fraction of sp³-hybridized carbons (Fsp3) is 0.478. The number of methoxy groups -OCH3 is 2. The quantitative estimate of drug-likeness (QED) is 0.312. The van der Waals surface area contributed by atoms with Gasteiger partial charge in [-0.25, -0.2) is 9.59 Å². The van der Waals surface area contributed by atoms with Crippen LogP contribution in [0.3, 0.4) is 0 Å². The van der Waals surface area contributed by atoms with Gasteiger partial charge in [-0.15, -0.1) is 0 Å². The van der Waals surface area contributed by atoms with Crippen molar-refractivity contribution in [3.05, 3.63) is 53.6 Å². The van der Waals surface area contributed by atoms with Gasteiger partial charge < -0.3 is 24.1 Å². The third kappa shape index (κ3) is 7.00. The van der Waals surface area contributed by atoms with Gasteiger partial charge in [-0.3, -0.25) is 0 Å². The molecule has 0 saturated carbocycles. The van der Waals surface area contributed by atoms with Gasteiger partial charge in [-0.2, -0.15) is 0 Å². The molecule has 0 aliphatic carbocycles. The molecular formula is C23H30O7. The summed E-state index contributed by atoms with van der Waals surface area (Å²) >= 11 is 0. The number of carbonyl (C=O) groups excluding carboxylic acids is 1. The van der Waals surface area contributed by atoms with Gasteiger partial charge in [0.15, 0.2) is 0 Å². The normalized spacial score (nSPS) is 23.7. The predicted octanol–water partition coefficient (Wildman–Crippen LogP) is 3.77. The summed E-state index contributed by atoms with van der Waals surface area (Å²) in [7, 11) is 3.06. The number of fused-ring (bicyclic) bond motifs is 1. The van der Waals surface area contributed by atoms with Gasteiger partial charge in [0.05, 0.1) is 13.2 Å². The fourth-order valence-corrected chi connectivity index (χ4v) is 3.42. The molecule has 0 saturated heterocycles. The van der Waals surface area contributed by atoms with Crippen LogP contribution in [0, 0.1) is 5.92 Å². The van der Waals surface area contributed by atoms with Gasteiger partial charge >= 0.3 is 11.9 Å². The Balaban J connectivity index is 2.37. The minimum Gasteiger partial charge on any atom is -0.496 e. The van der Waals surface area contributed by atoms with E-state index in [1.165, 1.54) is 13.2 Å². The number of cyclic esters (lactones) is 1. The summed E-state index contributed by atoms with van der Waals surface area (Å²) in [6.07, 6.45) is 7.93. The van der Waals surface area contributed by atoms with E-state index < -0.39 is 18.0 Å². The Morgan fingerprint density at radius 2 is 2.10 bits per heavy atom. The molecule has 0 unspecified atom stereocenters. The minimum absolute atomic E-state index is 0.126. The summed E-state index contributed by atoms with van der Waals surface area (Å²) in [6.45, 7) is 2.19. The van der Waals surface area contributed by atoms with Crippen molar-refractivity contribution in [3.8, 4) is 5.75 Å². The van der Waals surface area contributed by atoms with E-state index in [0.29, 0.717) is 24.2 Å². The van der Waals surface area contributed by atoms with Crippen LogP contribution in [0.25, 0.3) is 0 Å². The van der Waals surface area contributed by atoms with Gasteiger partial charge in [0, 0.05) is 26.0 Å². The summed E-state index contributed by atoms with van der Waals surface area (Å²) in [5.74, 6) is -0.941. The Bertz CT molecular complexity index is 769.